The number of amides is 1. The maximum atomic E-state index is 15.1. The van der Waals surface area contributed by atoms with Gasteiger partial charge in [0.25, 0.3) is 0 Å². The van der Waals surface area contributed by atoms with Gasteiger partial charge in [0.15, 0.2) is 11.8 Å². The number of carbonyl (C=O) groups is 1. The molecule has 1 saturated carbocycles. The maximum absolute atomic E-state index is 15.1. The minimum Gasteiger partial charge on any atom is -0.439 e. The summed E-state index contributed by atoms with van der Waals surface area (Å²) in [5, 5.41) is 4.13. The van der Waals surface area contributed by atoms with Crippen molar-refractivity contribution < 1.29 is 18.7 Å². The van der Waals surface area contributed by atoms with Crippen LogP contribution < -0.4 is 10.5 Å². The number of rotatable bonds is 4. The molecule has 2 aromatic heterocycles. The van der Waals surface area contributed by atoms with E-state index in [2.05, 4.69) is 20.1 Å². The smallest absolute Gasteiger partial charge is 0.235 e. The van der Waals surface area contributed by atoms with Crippen molar-refractivity contribution in [1.29, 1.82) is 0 Å². The van der Waals surface area contributed by atoms with Gasteiger partial charge in [-0.2, -0.15) is 5.10 Å². The first-order valence-electron chi connectivity index (χ1n) is 11.5. The lowest BCUT2D eigenvalue weighted by atomic mass is 9.74. The lowest BCUT2D eigenvalue weighted by molar-refractivity contribution is -0.140. The van der Waals surface area contributed by atoms with Crippen molar-refractivity contribution in [3.63, 3.8) is 0 Å². The van der Waals surface area contributed by atoms with E-state index in [-0.39, 0.29) is 29.9 Å². The standard InChI is InChI=1S/C21H20FN7O3.C3H6/c1-28-19(30)14-5-8-31-11-21(14,27-20(28)23)15-9-13(3-4-16(15)22)32-18-10-17(24-12-25-18)29-7-2-6-26-29;1-2-3-1/h2-4,6-7,9-10,12,14H,5,8,11H2,1H3,(H2,23,27);1-3H2. The van der Waals surface area contributed by atoms with Gasteiger partial charge in [0, 0.05) is 37.7 Å². The van der Waals surface area contributed by atoms with Gasteiger partial charge in [-0.25, -0.2) is 24.0 Å². The lowest BCUT2D eigenvalue weighted by Gasteiger charge is -2.45. The molecule has 2 fully saturated rings. The fraction of sp³-hybridized carbons (Fsp3) is 0.375. The third kappa shape index (κ3) is 4.59. The van der Waals surface area contributed by atoms with Crippen LogP contribution in [0.4, 0.5) is 4.39 Å². The second kappa shape index (κ2) is 9.41. The predicted molar refractivity (Wildman–Crippen MR) is 124 cm³/mol. The molecule has 2 unspecified atom stereocenters. The van der Waals surface area contributed by atoms with Gasteiger partial charge in [0.2, 0.25) is 11.8 Å². The molecule has 3 aliphatic rings. The van der Waals surface area contributed by atoms with Crippen LogP contribution in [0.15, 0.2) is 54.0 Å². The molecule has 4 heterocycles. The number of nitrogens with zero attached hydrogens (tertiary/aromatic N) is 6. The Morgan fingerprint density at radius 3 is 2.80 bits per heavy atom. The molecule has 1 amide bonds. The summed E-state index contributed by atoms with van der Waals surface area (Å²) in [5.74, 6) is -0.233. The number of nitrogens with two attached hydrogens (primary N) is 1. The van der Waals surface area contributed by atoms with Crippen LogP contribution in [0, 0.1) is 11.7 Å². The Morgan fingerprint density at radius 2 is 2.06 bits per heavy atom. The molecule has 0 radical (unpaired) electrons. The summed E-state index contributed by atoms with van der Waals surface area (Å²) in [7, 11) is 1.56. The summed E-state index contributed by atoms with van der Waals surface area (Å²) in [6.07, 6.45) is 9.63. The molecular formula is C24H26FN7O3. The first-order valence-corrected chi connectivity index (χ1v) is 11.5. The molecule has 2 atom stereocenters. The highest BCUT2D eigenvalue weighted by molar-refractivity contribution is 6.00. The Labute approximate surface area is 201 Å². The predicted octanol–water partition coefficient (Wildman–Crippen LogP) is 2.78. The van der Waals surface area contributed by atoms with Crippen LogP contribution in [0.25, 0.3) is 5.82 Å². The molecule has 35 heavy (non-hydrogen) atoms. The zero-order chi connectivity index (χ0) is 24.4. The Kier molecular flexibility index (Phi) is 6.16. The van der Waals surface area contributed by atoms with E-state index in [1.807, 2.05) is 0 Å². The van der Waals surface area contributed by atoms with Crippen molar-refractivity contribution in [2.45, 2.75) is 31.2 Å². The Hall–Kier alpha value is -3.86. The van der Waals surface area contributed by atoms with Gasteiger partial charge in [0.05, 0.1) is 12.5 Å². The summed E-state index contributed by atoms with van der Waals surface area (Å²) in [4.78, 5) is 27.0. The highest BCUT2D eigenvalue weighted by Gasteiger charge is 2.52. The molecule has 2 N–H and O–H groups in total. The van der Waals surface area contributed by atoms with Crippen molar-refractivity contribution in [3.05, 3.63) is 60.4 Å². The molecule has 0 spiro atoms. The SMILES string of the molecule is C1CC1.CN1C(=O)C2CCOCC2(c2cc(Oc3cc(-n4cccn4)ncn3)ccc2F)N=C1N. The van der Waals surface area contributed by atoms with Crippen LogP contribution in [0.1, 0.15) is 31.2 Å². The molecule has 3 aromatic rings. The zero-order valence-corrected chi connectivity index (χ0v) is 19.3. The van der Waals surface area contributed by atoms with Crippen LogP contribution in [-0.4, -0.2) is 56.8 Å². The number of guanidine groups is 1. The molecule has 6 rings (SSSR count). The number of hydrogen-bond donors (Lipinski definition) is 1. The van der Waals surface area contributed by atoms with Crippen molar-refractivity contribution in [3.8, 4) is 17.4 Å². The molecule has 11 heteroatoms. The first kappa shape index (κ1) is 22.9. The van der Waals surface area contributed by atoms with Gasteiger partial charge in [0.1, 0.15) is 23.4 Å². The van der Waals surface area contributed by atoms with Gasteiger partial charge in [-0.3, -0.25) is 9.69 Å². The van der Waals surface area contributed by atoms with E-state index in [4.69, 9.17) is 15.2 Å². The topological polar surface area (TPSA) is 121 Å². The summed E-state index contributed by atoms with van der Waals surface area (Å²) in [6.45, 7) is 0.422. The summed E-state index contributed by atoms with van der Waals surface area (Å²) < 4.78 is 28.1. The zero-order valence-electron chi connectivity index (χ0n) is 19.3. The Balaban J connectivity index is 0.000000786. The minimum absolute atomic E-state index is 0.0159. The van der Waals surface area contributed by atoms with Crippen molar-refractivity contribution >= 4 is 11.9 Å². The molecular weight excluding hydrogens is 453 g/mol. The molecule has 10 nitrogen and oxygen atoms in total. The normalized spacial score (nSPS) is 23.0. The van der Waals surface area contributed by atoms with Crippen LogP contribution in [0.5, 0.6) is 11.6 Å². The molecule has 2 aliphatic heterocycles. The van der Waals surface area contributed by atoms with E-state index < -0.39 is 17.3 Å². The average Bonchev–Trinajstić information content (AvgIpc) is 3.66. The van der Waals surface area contributed by atoms with Gasteiger partial charge < -0.3 is 15.2 Å². The molecule has 1 aliphatic carbocycles. The van der Waals surface area contributed by atoms with Gasteiger partial charge in [-0.1, -0.05) is 19.3 Å². The van der Waals surface area contributed by atoms with E-state index in [9.17, 15) is 4.79 Å². The van der Waals surface area contributed by atoms with Gasteiger partial charge in [-0.15, -0.1) is 0 Å². The van der Waals surface area contributed by atoms with Crippen LogP contribution in [-0.2, 0) is 15.1 Å². The average molecular weight is 480 g/mol. The second-order valence-electron chi connectivity index (χ2n) is 8.65. The minimum atomic E-state index is -1.26. The van der Waals surface area contributed by atoms with Gasteiger partial charge >= 0.3 is 0 Å². The van der Waals surface area contributed by atoms with E-state index in [1.54, 1.807) is 36.3 Å². The number of carbonyl (C=O) groups excluding carboxylic acids is 1. The fourth-order valence-electron chi connectivity index (χ4n) is 4.09. The van der Waals surface area contributed by atoms with Gasteiger partial charge in [-0.05, 0) is 30.7 Å². The summed E-state index contributed by atoms with van der Waals surface area (Å²) in [5.41, 5.74) is 4.92. The molecule has 1 aromatic carbocycles. The van der Waals surface area contributed by atoms with Crippen molar-refractivity contribution in [1.82, 2.24) is 24.6 Å². The lowest BCUT2D eigenvalue weighted by Crippen LogP contribution is -2.58. The third-order valence-electron chi connectivity index (χ3n) is 6.08. The maximum Gasteiger partial charge on any atom is 0.235 e. The number of aromatic nitrogens is 4. The van der Waals surface area contributed by atoms with E-state index >= 15 is 4.39 Å². The Morgan fingerprint density at radius 1 is 1.23 bits per heavy atom. The number of ether oxygens (including phenoxy) is 2. The monoisotopic (exact) mass is 479 g/mol. The van der Waals surface area contributed by atoms with E-state index in [0.717, 1.165) is 0 Å². The first-order chi connectivity index (χ1) is 17.0. The van der Waals surface area contributed by atoms with E-state index in [0.29, 0.717) is 24.6 Å². The summed E-state index contributed by atoms with van der Waals surface area (Å²) in [6, 6.07) is 7.65. The molecule has 0 bridgehead atoms. The fourth-order valence-corrected chi connectivity index (χ4v) is 4.09. The number of fused-ring (bicyclic) bond motifs is 1. The number of aliphatic imine (C=N–C) groups is 1. The highest BCUT2D eigenvalue weighted by Crippen LogP contribution is 2.44. The van der Waals surface area contributed by atoms with Crippen LogP contribution >= 0.6 is 0 Å². The highest BCUT2D eigenvalue weighted by atomic mass is 19.1. The van der Waals surface area contributed by atoms with Crippen LogP contribution in [0.3, 0.4) is 0 Å². The number of halogens is 1. The molecule has 182 valence electrons. The Bertz CT molecular complexity index is 1240. The largest absolute Gasteiger partial charge is 0.439 e. The van der Waals surface area contributed by atoms with Crippen LogP contribution in [0.2, 0.25) is 0 Å². The summed E-state index contributed by atoms with van der Waals surface area (Å²) >= 11 is 0. The van der Waals surface area contributed by atoms with Crippen molar-refractivity contribution in [2.24, 2.45) is 16.6 Å². The van der Waals surface area contributed by atoms with E-state index in [1.165, 1.54) is 48.7 Å². The number of hydrogen-bond acceptors (Lipinski definition) is 8. The quantitative estimate of drug-likeness (QED) is 0.611. The van der Waals surface area contributed by atoms with Crippen molar-refractivity contribution in [2.75, 3.05) is 20.3 Å². The third-order valence-corrected chi connectivity index (χ3v) is 6.08. The molecule has 1 saturated heterocycles. The number of benzene rings is 1. The second-order valence-corrected chi connectivity index (χ2v) is 8.65.